The van der Waals surface area contributed by atoms with Crippen LogP contribution in [0.15, 0.2) is 12.3 Å². The third-order valence-corrected chi connectivity index (χ3v) is 3.21. The Kier molecular flexibility index (Phi) is 3.28. The largest absolute Gasteiger partial charge is 0.272 e. The first kappa shape index (κ1) is 11.2. The van der Waals surface area contributed by atoms with Gasteiger partial charge in [-0.25, -0.2) is 0 Å². The zero-order chi connectivity index (χ0) is 11.5. The molecule has 0 saturated carbocycles. The highest BCUT2D eigenvalue weighted by Gasteiger charge is 2.15. The van der Waals surface area contributed by atoms with E-state index < -0.39 is 0 Å². The highest BCUT2D eigenvalue weighted by Crippen LogP contribution is 2.19. The van der Waals surface area contributed by atoms with Crippen molar-refractivity contribution in [3.63, 3.8) is 0 Å². The molecule has 3 N–H and O–H groups in total. The van der Waals surface area contributed by atoms with E-state index in [1.54, 1.807) is 6.20 Å². The fourth-order valence-electron chi connectivity index (χ4n) is 1.63. The van der Waals surface area contributed by atoms with Crippen LogP contribution >= 0.6 is 11.5 Å². The highest BCUT2D eigenvalue weighted by molar-refractivity contribution is 7.05. The van der Waals surface area contributed by atoms with Crippen LogP contribution in [-0.4, -0.2) is 19.4 Å². The van der Waals surface area contributed by atoms with Crippen molar-refractivity contribution in [2.45, 2.75) is 19.4 Å². The number of hydrazine groups is 1. The van der Waals surface area contributed by atoms with Crippen molar-refractivity contribution in [2.24, 2.45) is 12.9 Å². The molecule has 0 amide bonds. The number of rotatable bonds is 4. The summed E-state index contributed by atoms with van der Waals surface area (Å²) in [5.74, 6) is 5.54. The lowest BCUT2D eigenvalue weighted by molar-refractivity contribution is 0.536. The van der Waals surface area contributed by atoms with Gasteiger partial charge >= 0.3 is 0 Å². The van der Waals surface area contributed by atoms with E-state index in [0.29, 0.717) is 0 Å². The molecule has 0 fully saturated rings. The zero-order valence-electron chi connectivity index (χ0n) is 9.21. The summed E-state index contributed by atoms with van der Waals surface area (Å²) in [6.07, 6.45) is 2.51. The maximum atomic E-state index is 5.54. The summed E-state index contributed by atoms with van der Waals surface area (Å²) in [7, 11) is 1.93. The van der Waals surface area contributed by atoms with Crippen molar-refractivity contribution in [3.8, 4) is 0 Å². The van der Waals surface area contributed by atoms with Crippen LogP contribution in [0.5, 0.6) is 0 Å². The van der Waals surface area contributed by atoms with E-state index in [2.05, 4.69) is 26.2 Å². The molecule has 6 nitrogen and oxygen atoms in total. The van der Waals surface area contributed by atoms with Gasteiger partial charge in [-0.3, -0.25) is 16.0 Å². The average Bonchev–Trinajstić information content (AvgIpc) is 2.85. The standard InChI is InChI=1S/C9H14N6S/c1-6-3-7(15(2)13-6)4-8(12-10)9-5-11-14-16-9/h3,5,8,12H,4,10H2,1-2H3. The highest BCUT2D eigenvalue weighted by atomic mass is 32.1. The van der Waals surface area contributed by atoms with Crippen LogP contribution < -0.4 is 11.3 Å². The first-order chi connectivity index (χ1) is 7.70. The molecule has 0 aliphatic carbocycles. The number of nitrogens with one attached hydrogen (secondary N) is 1. The Hall–Kier alpha value is -1.31. The van der Waals surface area contributed by atoms with Crippen molar-refractivity contribution in [1.29, 1.82) is 0 Å². The molecule has 0 saturated heterocycles. The van der Waals surface area contributed by atoms with Crippen LogP contribution in [0.2, 0.25) is 0 Å². The molecular formula is C9H14N6S. The summed E-state index contributed by atoms with van der Waals surface area (Å²) in [4.78, 5) is 1.03. The van der Waals surface area contributed by atoms with E-state index in [1.165, 1.54) is 11.5 Å². The van der Waals surface area contributed by atoms with Crippen LogP contribution in [0.3, 0.4) is 0 Å². The Bertz CT molecular complexity index is 449. The van der Waals surface area contributed by atoms with Crippen LogP contribution in [-0.2, 0) is 13.5 Å². The Morgan fingerprint density at radius 1 is 1.62 bits per heavy atom. The lowest BCUT2D eigenvalue weighted by Crippen LogP contribution is -2.29. The molecule has 16 heavy (non-hydrogen) atoms. The minimum Gasteiger partial charge on any atom is -0.272 e. The molecule has 0 radical (unpaired) electrons. The lowest BCUT2D eigenvalue weighted by atomic mass is 10.1. The number of hydrogen-bond donors (Lipinski definition) is 2. The minimum atomic E-state index is 0.0369. The molecule has 2 aromatic heterocycles. The summed E-state index contributed by atoms with van der Waals surface area (Å²) in [6, 6.07) is 2.09. The third-order valence-electron chi connectivity index (χ3n) is 2.44. The van der Waals surface area contributed by atoms with Gasteiger partial charge in [-0.05, 0) is 24.5 Å². The summed E-state index contributed by atoms with van der Waals surface area (Å²) < 4.78 is 5.70. The number of nitrogens with zero attached hydrogens (tertiary/aromatic N) is 4. The first-order valence-corrected chi connectivity index (χ1v) is 5.71. The van der Waals surface area contributed by atoms with Gasteiger partial charge in [-0.1, -0.05) is 4.49 Å². The molecule has 1 unspecified atom stereocenters. The maximum Gasteiger partial charge on any atom is 0.0670 e. The van der Waals surface area contributed by atoms with Crippen molar-refractivity contribution in [2.75, 3.05) is 0 Å². The molecule has 2 rings (SSSR count). The Labute approximate surface area is 97.6 Å². The van der Waals surface area contributed by atoms with E-state index >= 15 is 0 Å². The Morgan fingerprint density at radius 2 is 2.44 bits per heavy atom. The van der Waals surface area contributed by atoms with Crippen LogP contribution in [0.4, 0.5) is 0 Å². The van der Waals surface area contributed by atoms with Gasteiger partial charge in [0.1, 0.15) is 0 Å². The SMILES string of the molecule is Cc1cc(CC(NN)c2cnns2)n(C)n1. The zero-order valence-corrected chi connectivity index (χ0v) is 10.0. The lowest BCUT2D eigenvalue weighted by Gasteiger charge is -2.12. The summed E-state index contributed by atoms with van der Waals surface area (Å²) in [5.41, 5.74) is 4.92. The van der Waals surface area contributed by atoms with E-state index in [0.717, 1.165) is 22.7 Å². The predicted molar refractivity (Wildman–Crippen MR) is 61.6 cm³/mol. The number of nitrogens with two attached hydrogens (primary N) is 1. The molecule has 86 valence electrons. The number of hydrogen-bond acceptors (Lipinski definition) is 6. The summed E-state index contributed by atoms with van der Waals surface area (Å²) in [5, 5.41) is 8.11. The fraction of sp³-hybridized carbons (Fsp3) is 0.444. The van der Waals surface area contributed by atoms with Gasteiger partial charge in [0.2, 0.25) is 0 Å². The van der Waals surface area contributed by atoms with Crippen LogP contribution in [0.25, 0.3) is 0 Å². The molecule has 0 bridgehead atoms. The second kappa shape index (κ2) is 4.69. The second-order valence-corrected chi connectivity index (χ2v) is 4.46. The number of aromatic nitrogens is 4. The van der Waals surface area contributed by atoms with E-state index in [-0.39, 0.29) is 6.04 Å². The van der Waals surface area contributed by atoms with Gasteiger partial charge in [-0.15, -0.1) is 5.10 Å². The Morgan fingerprint density at radius 3 is 2.94 bits per heavy atom. The fourth-order valence-corrected chi connectivity index (χ4v) is 2.20. The number of aryl methyl sites for hydroxylation is 2. The smallest absolute Gasteiger partial charge is 0.0670 e. The predicted octanol–water partition coefficient (Wildman–Crippen LogP) is 0.327. The van der Waals surface area contributed by atoms with Gasteiger partial charge in [-0.2, -0.15) is 5.10 Å². The topological polar surface area (TPSA) is 81.6 Å². The van der Waals surface area contributed by atoms with Gasteiger partial charge in [0.05, 0.1) is 22.8 Å². The quantitative estimate of drug-likeness (QED) is 0.592. The molecular weight excluding hydrogens is 224 g/mol. The molecule has 0 spiro atoms. The minimum absolute atomic E-state index is 0.0369. The monoisotopic (exact) mass is 238 g/mol. The van der Waals surface area contributed by atoms with Crippen molar-refractivity contribution in [1.82, 2.24) is 24.8 Å². The molecule has 1 atom stereocenters. The summed E-state index contributed by atoms with van der Waals surface area (Å²) >= 11 is 1.35. The first-order valence-electron chi connectivity index (χ1n) is 4.93. The molecule has 0 aliphatic heterocycles. The van der Waals surface area contributed by atoms with Gasteiger partial charge < -0.3 is 0 Å². The van der Waals surface area contributed by atoms with Gasteiger partial charge in [0, 0.05) is 19.2 Å². The average molecular weight is 238 g/mol. The normalized spacial score (nSPS) is 12.9. The Balaban J connectivity index is 2.16. The van der Waals surface area contributed by atoms with Crippen LogP contribution in [0, 0.1) is 6.92 Å². The maximum absolute atomic E-state index is 5.54. The van der Waals surface area contributed by atoms with Crippen molar-refractivity contribution < 1.29 is 0 Å². The van der Waals surface area contributed by atoms with E-state index in [1.807, 2.05) is 18.7 Å². The van der Waals surface area contributed by atoms with E-state index in [9.17, 15) is 0 Å². The van der Waals surface area contributed by atoms with E-state index in [4.69, 9.17) is 5.84 Å². The third kappa shape index (κ3) is 2.26. The second-order valence-electron chi connectivity index (χ2n) is 3.64. The van der Waals surface area contributed by atoms with Crippen LogP contribution in [0.1, 0.15) is 22.3 Å². The summed E-state index contributed by atoms with van der Waals surface area (Å²) in [6.45, 7) is 1.97. The molecule has 0 aliphatic rings. The van der Waals surface area contributed by atoms with Crippen molar-refractivity contribution >= 4 is 11.5 Å². The molecule has 7 heteroatoms. The molecule has 0 aromatic carbocycles. The molecule has 2 aromatic rings. The van der Waals surface area contributed by atoms with Crippen molar-refractivity contribution in [3.05, 3.63) is 28.5 Å². The molecule has 2 heterocycles. The van der Waals surface area contributed by atoms with Gasteiger partial charge in [0.15, 0.2) is 0 Å². The van der Waals surface area contributed by atoms with Gasteiger partial charge in [0.25, 0.3) is 0 Å².